The van der Waals surface area contributed by atoms with Crippen LogP contribution in [0.3, 0.4) is 0 Å². The summed E-state index contributed by atoms with van der Waals surface area (Å²) in [5, 5.41) is 0. The van der Waals surface area contributed by atoms with Crippen LogP contribution in [0.15, 0.2) is 60.7 Å². The lowest BCUT2D eigenvalue weighted by Crippen LogP contribution is -2.50. The second-order valence-corrected chi connectivity index (χ2v) is 11.0. The Kier molecular flexibility index (Phi) is 25.3. The number of nitrogens with zero attached hydrogens (tertiary/aromatic N) is 1. The summed E-state index contributed by atoms with van der Waals surface area (Å²) in [4.78, 5) is 0. The maximum Gasteiger partial charge on any atom is 0.0786 e. The molecule has 0 amide bonds. The molecule has 0 aliphatic rings. The van der Waals surface area contributed by atoms with E-state index in [-0.39, 0.29) is 0 Å². The van der Waals surface area contributed by atoms with Gasteiger partial charge in [-0.2, -0.15) is 0 Å². The highest BCUT2D eigenvalue weighted by Crippen LogP contribution is 2.17. The molecule has 2 rings (SSSR count). The Hall–Kier alpha value is -0.200. The molecule has 0 aliphatic carbocycles. The van der Waals surface area contributed by atoms with E-state index in [1.807, 2.05) is 72.2 Å². The first-order valence-electron chi connectivity index (χ1n) is 13.3. The number of hydrogen-bond donors (Lipinski definition) is 1. The van der Waals surface area contributed by atoms with Gasteiger partial charge in [-0.1, -0.05) is 125 Å². The Morgan fingerprint density at radius 1 is 0.629 bits per heavy atom. The molecule has 2 radical (unpaired) electrons. The fraction of sp³-hybridized carbons (Fsp3) is 0.533. The van der Waals surface area contributed by atoms with Gasteiger partial charge in [0.15, 0.2) is 0 Å². The number of thiol groups is 1. The Bertz CT molecular complexity index is 588. The molecule has 1 nitrogen and oxygen atoms in total. The standard InChI is InChI=1S/C16H36N.2C7H7S2/c1-5-9-13-17(14-10-6-2,15-11-7-3)16-12-8-4;2*8-9-6-7-4-2-1-3-5-7/h5-16H2,1-4H3;2*1-6,8H/q+1;;/p-1. The zero-order chi connectivity index (χ0) is 26.0. The molecule has 0 fully saturated rings. The molecule has 0 spiro atoms. The molecule has 2 aromatic rings. The Balaban J connectivity index is 0.000000538. The van der Waals surface area contributed by atoms with E-state index in [1.165, 1.54) is 115 Å². The van der Waals surface area contributed by atoms with E-state index < -0.39 is 0 Å². The summed E-state index contributed by atoms with van der Waals surface area (Å²) < 4.78 is 1.42. The van der Waals surface area contributed by atoms with Crippen molar-refractivity contribution < 1.29 is 4.48 Å². The Morgan fingerprint density at radius 3 is 1.26 bits per heavy atom. The molecule has 35 heavy (non-hydrogen) atoms. The van der Waals surface area contributed by atoms with Gasteiger partial charge in [-0.15, -0.1) is 11.7 Å². The van der Waals surface area contributed by atoms with Gasteiger partial charge in [0.1, 0.15) is 0 Å². The van der Waals surface area contributed by atoms with Crippen molar-refractivity contribution in [3.63, 3.8) is 0 Å². The quantitative estimate of drug-likeness (QED) is 0.0954. The SMILES string of the molecule is CCCC[N+](CCCC)(CCCC)CCCC.SS[CH]c1ccccc1.[S-]S[CH]c1ccccc1. The molecule has 0 unspecified atom stereocenters. The van der Waals surface area contributed by atoms with Gasteiger partial charge in [0, 0.05) is 5.75 Å². The monoisotopic (exact) mass is 551 g/mol. The zero-order valence-electron chi connectivity index (χ0n) is 22.5. The largest absolute Gasteiger partial charge is 0.718 e. The van der Waals surface area contributed by atoms with Crippen LogP contribution >= 0.6 is 33.2 Å². The van der Waals surface area contributed by atoms with Gasteiger partial charge in [0.05, 0.1) is 31.9 Å². The van der Waals surface area contributed by atoms with Crippen LogP contribution in [0.5, 0.6) is 0 Å². The highest BCUT2D eigenvalue weighted by molar-refractivity contribution is 8.69. The predicted octanol–water partition coefficient (Wildman–Crippen LogP) is 10.2. The Morgan fingerprint density at radius 2 is 0.971 bits per heavy atom. The van der Waals surface area contributed by atoms with Crippen LogP contribution in [0.1, 0.15) is 90.2 Å². The maximum atomic E-state index is 4.70. The van der Waals surface area contributed by atoms with Crippen LogP contribution in [0.2, 0.25) is 0 Å². The number of quaternary nitrogens is 1. The van der Waals surface area contributed by atoms with Crippen molar-refractivity contribution in [2.75, 3.05) is 26.2 Å². The minimum Gasteiger partial charge on any atom is -0.718 e. The van der Waals surface area contributed by atoms with E-state index in [0.29, 0.717) is 0 Å². The van der Waals surface area contributed by atoms with Crippen molar-refractivity contribution in [3.8, 4) is 0 Å². The Labute approximate surface area is 236 Å². The van der Waals surface area contributed by atoms with Crippen molar-refractivity contribution in [2.45, 2.75) is 79.1 Å². The van der Waals surface area contributed by atoms with Crippen LogP contribution in [0.25, 0.3) is 0 Å². The van der Waals surface area contributed by atoms with Gasteiger partial charge < -0.3 is 26.9 Å². The lowest BCUT2D eigenvalue weighted by molar-refractivity contribution is -0.929. The third kappa shape index (κ3) is 19.6. The van der Waals surface area contributed by atoms with Crippen LogP contribution < -0.4 is 0 Å². The van der Waals surface area contributed by atoms with Gasteiger partial charge in [0.2, 0.25) is 0 Å². The van der Waals surface area contributed by atoms with E-state index in [9.17, 15) is 0 Å². The lowest BCUT2D eigenvalue weighted by atomic mass is 10.1. The number of benzene rings is 2. The molecule has 198 valence electrons. The fourth-order valence-corrected chi connectivity index (χ4v) is 5.07. The first-order chi connectivity index (χ1) is 17.1. The summed E-state index contributed by atoms with van der Waals surface area (Å²) in [6, 6.07) is 20.2. The van der Waals surface area contributed by atoms with Crippen molar-refractivity contribution in [3.05, 3.63) is 83.3 Å². The van der Waals surface area contributed by atoms with E-state index in [2.05, 4.69) is 39.4 Å². The van der Waals surface area contributed by atoms with Gasteiger partial charge in [0.25, 0.3) is 0 Å². The third-order valence-electron chi connectivity index (χ3n) is 5.92. The molecular formula is C30H49NS4. The number of hydrogen-bond acceptors (Lipinski definition) is 4. The first-order valence-corrected chi connectivity index (χ1v) is 17.0. The molecular weight excluding hydrogens is 503 g/mol. The third-order valence-corrected chi connectivity index (χ3v) is 7.27. The van der Waals surface area contributed by atoms with E-state index >= 15 is 0 Å². The topological polar surface area (TPSA) is 0 Å². The maximum absolute atomic E-state index is 4.70. The molecule has 0 bridgehead atoms. The average Bonchev–Trinajstić information content (AvgIpc) is 2.90. The molecule has 0 heterocycles. The van der Waals surface area contributed by atoms with Gasteiger partial charge in [-0.3, -0.25) is 0 Å². The molecule has 0 saturated carbocycles. The predicted molar refractivity (Wildman–Crippen MR) is 171 cm³/mol. The second kappa shape index (κ2) is 25.4. The van der Waals surface area contributed by atoms with E-state index in [4.69, 9.17) is 11.7 Å². The molecule has 0 aromatic heterocycles. The van der Waals surface area contributed by atoms with Crippen molar-refractivity contribution in [1.82, 2.24) is 0 Å². The summed E-state index contributed by atoms with van der Waals surface area (Å²) in [6.07, 6.45) is 11.1. The van der Waals surface area contributed by atoms with Crippen molar-refractivity contribution in [1.29, 1.82) is 0 Å². The minimum atomic E-state index is 1.18. The van der Waals surface area contributed by atoms with Crippen LogP contribution in [-0.2, 0) is 11.7 Å². The van der Waals surface area contributed by atoms with Crippen LogP contribution in [-0.4, -0.2) is 30.7 Å². The van der Waals surface area contributed by atoms with Crippen molar-refractivity contribution >= 4 is 44.9 Å². The zero-order valence-corrected chi connectivity index (χ0v) is 25.9. The van der Waals surface area contributed by atoms with Gasteiger partial charge in [-0.25, -0.2) is 0 Å². The summed E-state index contributed by atoms with van der Waals surface area (Å²) in [5.74, 6) is 3.93. The molecule has 0 N–H and O–H groups in total. The molecule has 0 atom stereocenters. The van der Waals surface area contributed by atoms with Gasteiger partial charge >= 0.3 is 0 Å². The van der Waals surface area contributed by atoms with E-state index in [0.717, 1.165) is 0 Å². The molecule has 0 saturated heterocycles. The number of unbranched alkanes of at least 4 members (excludes halogenated alkanes) is 4. The molecule has 2 aromatic carbocycles. The highest BCUT2D eigenvalue weighted by atomic mass is 33.1. The van der Waals surface area contributed by atoms with E-state index in [1.54, 1.807) is 0 Å². The second-order valence-electron chi connectivity index (χ2n) is 8.91. The first kappa shape index (κ1) is 34.8. The summed E-state index contributed by atoms with van der Waals surface area (Å²) >= 11 is 8.69. The fourth-order valence-electron chi connectivity index (χ4n) is 3.82. The van der Waals surface area contributed by atoms with Crippen LogP contribution in [0, 0.1) is 11.5 Å². The molecule has 5 heteroatoms. The minimum absolute atomic E-state index is 1.18. The summed E-state index contributed by atoms with van der Waals surface area (Å²) in [6.45, 7) is 15.0. The van der Waals surface area contributed by atoms with Crippen LogP contribution in [0.4, 0.5) is 0 Å². The lowest BCUT2D eigenvalue weighted by Gasteiger charge is -2.39. The van der Waals surface area contributed by atoms with Crippen molar-refractivity contribution in [2.24, 2.45) is 0 Å². The molecule has 0 aliphatic heterocycles. The summed E-state index contributed by atoms with van der Waals surface area (Å²) in [5.41, 5.74) is 2.38. The highest BCUT2D eigenvalue weighted by Gasteiger charge is 2.24. The van der Waals surface area contributed by atoms with Gasteiger partial charge in [-0.05, 0) is 36.8 Å². The number of rotatable bonds is 16. The average molecular weight is 552 g/mol. The normalized spacial score (nSPS) is 10.7. The smallest absolute Gasteiger partial charge is 0.0786 e. The summed E-state index contributed by atoms with van der Waals surface area (Å²) in [7, 11) is 2.74.